The van der Waals surface area contributed by atoms with Crippen LogP contribution in [-0.2, 0) is 4.74 Å². The van der Waals surface area contributed by atoms with Crippen LogP contribution in [0.25, 0.3) is 0 Å². The molecule has 1 aliphatic rings. The van der Waals surface area contributed by atoms with Crippen molar-refractivity contribution >= 4 is 14.2 Å². The van der Waals surface area contributed by atoms with E-state index in [-0.39, 0.29) is 11.6 Å². The van der Waals surface area contributed by atoms with Crippen LogP contribution in [0.5, 0.6) is 0 Å². The van der Waals surface area contributed by atoms with E-state index in [0.717, 1.165) is 18.4 Å². The molecule has 0 aromatic carbocycles. The number of carbonyl (C=O) groups is 1. The van der Waals surface area contributed by atoms with E-state index < -0.39 is 8.07 Å². The molecule has 1 amide bonds. The van der Waals surface area contributed by atoms with E-state index >= 15 is 0 Å². The van der Waals surface area contributed by atoms with Crippen molar-refractivity contribution in [3.8, 4) is 0 Å². The summed E-state index contributed by atoms with van der Waals surface area (Å²) in [6, 6.07) is 1.00. The molecule has 0 radical (unpaired) electrons. The van der Waals surface area contributed by atoms with E-state index in [1.807, 2.05) is 6.92 Å². The molecule has 1 rings (SSSR count). The number of carbonyl (C=O) groups excluding carboxylic acids is 1. The molecule has 1 fully saturated rings. The van der Waals surface area contributed by atoms with Crippen LogP contribution >= 0.6 is 0 Å². The summed E-state index contributed by atoms with van der Waals surface area (Å²) >= 11 is 0. The van der Waals surface area contributed by atoms with Crippen molar-refractivity contribution in [2.75, 3.05) is 13.2 Å². The second-order valence-corrected chi connectivity index (χ2v) is 13.8. The topological polar surface area (TPSA) is 64.3 Å². The van der Waals surface area contributed by atoms with E-state index in [1.165, 1.54) is 32.1 Å². The molecule has 0 spiro atoms. The second-order valence-electron chi connectivity index (χ2n) is 8.16. The van der Waals surface area contributed by atoms with E-state index in [9.17, 15) is 4.79 Å². The van der Waals surface area contributed by atoms with Gasteiger partial charge in [-0.15, -0.1) is 0 Å². The smallest absolute Gasteiger partial charge is 0.407 e. The summed E-state index contributed by atoms with van der Waals surface area (Å²) in [4.78, 5) is 11.7. The molecule has 0 unspecified atom stereocenters. The van der Waals surface area contributed by atoms with E-state index in [1.54, 1.807) is 0 Å². The average molecular weight is 315 g/mol. The van der Waals surface area contributed by atoms with Gasteiger partial charge in [0, 0.05) is 20.2 Å². The van der Waals surface area contributed by atoms with Gasteiger partial charge in [0.25, 0.3) is 0 Å². The Balaban J connectivity index is 2.20. The minimum absolute atomic E-state index is 0.325. The van der Waals surface area contributed by atoms with Gasteiger partial charge in [0.2, 0.25) is 0 Å². The molecule has 0 aromatic heterocycles. The van der Waals surface area contributed by atoms with Gasteiger partial charge in [-0.25, -0.2) is 4.79 Å². The zero-order chi connectivity index (χ0) is 15.9. The highest BCUT2D eigenvalue weighted by molar-refractivity contribution is 6.76. The highest BCUT2D eigenvalue weighted by Gasteiger charge is 2.26. The highest BCUT2D eigenvalue weighted by Crippen LogP contribution is 2.29. The van der Waals surface area contributed by atoms with Crippen molar-refractivity contribution in [1.82, 2.24) is 5.32 Å². The number of nitrogens with two attached hydrogens (primary N) is 1. The largest absolute Gasteiger partial charge is 0.450 e. The molecule has 0 aromatic rings. The lowest BCUT2D eigenvalue weighted by molar-refractivity contribution is 0.147. The van der Waals surface area contributed by atoms with Gasteiger partial charge in [0.15, 0.2) is 0 Å². The Morgan fingerprint density at radius 2 is 1.90 bits per heavy atom. The molecule has 0 heterocycles. The van der Waals surface area contributed by atoms with Crippen LogP contribution in [0.3, 0.4) is 0 Å². The summed E-state index contributed by atoms with van der Waals surface area (Å²) in [5.74, 6) is 0.721. The van der Waals surface area contributed by atoms with E-state index in [2.05, 4.69) is 25.0 Å². The molecule has 1 atom stereocenters. The van der Waals surface area contributed by atoms with Crippen molar-refractivity contribution in [2.24, 2.45) is 11.7 Å². The van der Waals surface area contributed by atoms with Gasteiger partial charge in [-0.2, -0.15) is 0 Å². The number of amides is 1. The molecule has 3 N–H and O–H groups in total. The number of ether oxygens (including phenoxy) is 1. The van der Waals surface area contributed by atoms with Crippen LogP contribution in [0, 0.1) is 5.92 Å². The summed E-state index contributed by atoms with van der Waals surface area (Å²) in [6.45, 7) is 9.87. The third kappa shape index (κ3) is 9.14. The number of nitrogens with one attached hydrogen (secondary N) is 1. The second kappa shape index (κ2) is 8.18. The molecule has 1 saturated carbocycles. The van der Waals surface area contributed by atoms with Crippen molar-refractivity contribution in [1.29, 1.82) is 0 Å². The molecule has 4 nitrogen and oxygen atoms in total. The average Bonchev–Trinajstić information content (AvgIpc) is 2.36. The zero-order valence-electron chi connectivity index (χ0n) is 14.3. The van der Waals surface area contributed by atoms with Crippen LogP contribution in [0.1, 0.15) is 45.4 Å². The zero-order valence-corrected chi connectivity index (χ0v) is 15.3. The summed E-state index contributed by atoms with van der Waals surface area (Å²) in [5, 5.41) is 2.83. The van der Waals surface area contributed by atoms with Gasteiger partial charge < -0.3 is 15.8 Å². The molecule has 21 heavy (non-hydrogen) atoms. The molecular formula is C16H34N2O2Si. The fourth-order valence-corrected chi connectivity index (χ4v) is 3.61. The van der Waals surface area contributed by atoms with Crippen LogP contribution in [-0.4, -0.2) is 32.9 Å². The van der Waals surface area contributed by atoms with Crippen LogP contribution in [0.15, 0.2) is 0 Å². The van der Waals surface area contributed by atoms with Crippen molar-refractivity contribution in [2.45, 2.75) is 76.7 Å². The van der Waals surface area contributed by atoms with Crippen LogP contribution in [0.4, 0.5) is 4.79 Å². The van der Waals surface area contributed by atoms with Crippen molar-refractivity contribution in [3.63, 3.8) is 0 Å². The Kier molecular flexibility index (Phi) is 7.20. The van der Waals surface area contributed by atoms with E-state index in [0.29, 0.717) is 13.2 Å². The number of alkyl carbamates (subject to hydrolysis) is 1. The first-order valence-corrected chi connectivity index (χ1v) is 12.1. The molecular weight excluding hydrogens is 280 g/mol. The third-order valence-electron chi connectivity index (χ3n) is 4.20. The van der Waals surface area contributed by atoms with Crippen molar-refractivity contribution < 1.29 is 9.53 Å². The maximum Gasteiger partial charge on any atom is 0.407 e. The fourth-order valence-electron chi connectivity index (χ4n) is 2.90. The lowest BCUT2D eigenvalue weighted by Crippen LogP contribution is -2.49. The molecule has 0 bridgehead atoms. The summed E-state index contributed by atoms with van der Waals surface area (Å²) in [7, 11) is -1.14. The van der Waals surface area contributed by atoms with Gasteiger partial charge in [-0.3, -0.25) is 0 Å². The SMILES string of the molecule is C[C@@](N)(CNC(=O)OCC[Si](C)(C)C)CC1CCCCC1. The lowest BCUT2D eigenvalue weighted by atomic mass is 9.80. The molecule has 1 aliphatic carbocycles. The molecule has 5 heteroatoms. The Morgan fingerprint density at radius 1 is 1.29 bits per heavy atom. The first-order valence-electron chi connectivity index (χ1n) is 8.37. The van der Waals surface area contributed by atoms with Gasteiger partial charge in [-0.1, -0.05) is 51.7 Å². The summed E-state index contributed by atoms with van der Waals surface area (Å²) in [5.41, 5.74) is 6.00. The van der Waals surface area contributed by atoms with E-state index in [4.69, 9.17) is 10.5 Å². The van der Waals surface area contributed by atoms with Gasteiger partial charge in [0.1, 0.15) is 0 Å². The first-order chi connectivity index (χ1) is 9.68. The molecule has 0 aliphatic heterocycles. The third-order valence-corrected chi connectivity index (χ3v) is 5.91. The lowest BCUT2D eigenvalue weighted by Gasteiger charge is -2.31. The number of hydrogen-bond acceptors (Lipinski definition) is 3. The molecule has 0 saturated heterocycles. The van der Waals surface area contributed by atoms with Crippen LogP contribution in [0.2, 0.25) is 25.7 Å². The van der Waals surface area contributed by atoms with Crippen LogP contribution < -0.4 is 11.1 Å². The minimum atomic E-state index is -1.14. The fraction of sp³-hybridized carbons (Fsp3) is 0.938. The minimum Gasteiger partial charge on any atom is -0.450 e. The predicted molar refractivity (Wildman–Crippen MR) is 91.3 cm³/mol. The van der Waals surface area contributed by atoms with Gasteiger partial charge >= 0.3 is 6.09 Å². The Bertz CT molecular complexity index is 321. The maximum atomic E-state index is 11.7. The quantitative estimate of drug-likeness (QED) is 0.704. The summed E-state index contributed by atoms with van der Waals surface area (Å²) < 4.78 is 5.23. The summed E-state index contributed by atoms with van der Waals surface area (Å²) in [6.07, 6.45) is 7.25. The maximum absolute atomic E-state index is 11.7. The molecule has 124 valence electrons. The monoisotopic (exact) mass is 314 g/mol. The Labute approximate surface area is 131 Å². The first kappa shape index (κ1) is 18.5. The number of hydrogen-bond donors (Lipinski definition) is 2. The standard InChI is InChI=1S/C16H34N2O2Si/c1-16(17,12-14-8-6-5-7-9-14)13-18-15(19)20-10-11-21(2,3)4/h14H,5-13,17H2,1-4H3,(H,18,19)/t16-/m0/s1. The van der Waals surface area contributed by atoms with Crippen molar-refractivity contribution in [3.05, 3.63) is 0 Å². The highest BCUT2D eigenvalue weighted by atomic mass is 28.3. The number of rotatable bonds is 7. The Morgan fingerprint density at radius 3 is 2.48 bits per heavy atom. The normalized spacial score (nSPS) is 19.9. The Hall–Kier alpha value is -0.553. The van der Waals surface area contributed by atoms with Gasteiger partial charge in [-0.05, 0) is 25.3 Å². The van der Waals surface area contributed by atoms with Gasteiger partial charge in [0.05, 0.1) is 6.61 Å². The predicted octanol–water partition coefficient (Wildman–Crippen LogP) is 3.74.